The highest BCUT2D eigenvalue weighted by molar-refractivity contribution is 5.96. The molecular weight excluding hydrogens is 300 g/mol. The van der Waals surface area contributed by atoms with E-state index in [0.29, 0.717) is 13.2 Å². The van der Waals surface area contributed by atoms with Crippen LogP contribution in [-0.4, -0.2) is 42.2 Å². The van der Waals surface area contributed by atoms with Gasteiger partial charge in [0.05, 0.1) is 20.3 Å². The molecule has 0 aromatic carbocycles. The van der Waals surface area contributed by atoms with Gasteiger partial charge in [0, 0.05) is 6.20 Å². The molecule has 0 unspecified atom stereocenters. The molecule has 1 aromatic heterocycles. The van der Waals surface area contributed by atoms with Gasteiger partial charge in [-0.3, -0.25) is 9.59 Å². The molecule has 0 atom stereocenters. The normalized spacial score (nSPS) is 10.7. The second-order valence-electron chi connectivity index (χ2n) is 4.69. The van der Waals surface area contributed by atoms with Crippen molar-refractivity contribution in [2.45, 2.75) is 26.4 Å². The van der Waals surface area contributed by atoms with Crippen LogP contribution in [0.5, 0.6) is 5.75 Å². The highest BCUT2D eigenvalue weighted by Gasteiger charge is 2.15. The maximum absolute atomic E-state index is 11.8. The van der Waals surface area contributed by atoms with E-state index < -0.39 is 18.4 Å². The lowest BCUT2D eigenvalue weighted by molar-refractivity contribution is -0.135. The number of rotatable bonds is 10. The molecule has 0 spiro atoms. The molecule has 0 aliphatic carbocycles. The van der Waals surface area contributed by atoms with Gasteiger partial charge < -0.3 is 19.9 Å². The molecule has 0 bridgehead atoms. The summed E-state index contributed by atoms with van der Waals surface area (Å²) >= 11 is 0. The number of carboxylic acids is 1. The number of ether oxygens (including phenoxy) is 2. The van der Waals surface area contributed by atoms with Crippen LogP contribution in [0, 0.1) is 0 Å². The first-order valence-electron chi connectivity index (χ1n) is 7.34. The third-order valence-corrected chi connectivity index (χ3v) is 2.84. The van der Waals surface area contributed by atoms with Crippen molar-refractivity contribution in [1.29, 1.82) is 0 Å². The van der Waals surface area contributed by atoms with Crippen molar-refractivity contribution < 1.29 is 24.2 Å². The number of amides is 1. The fraction of sp³-hybridized carbons (Fsp3) is 0.438. The van der Waals surface area contributed by atoms with E-state index in [1.807, 2.05) is 0 Å². The fourth-order valence-corrected chi connectivity index (χ4v) is 1.76. The molecular formula is C16H22N2O5. The summed E-state index contributed by atoms with van der Waals surface area (Å²) in [6.07, 6.45) is 7.51. The smallest absolute Gasteiger partial charge is 0.322 e. The van der Waals surface area contributed by atoms with E-state index in [4.69, 9.17) is 14.6 Å². The predicted octanol–water partition coefficient (Wildman–Crippen LogP) is 1.78. The molecule has 0 radical (unpaired) electrons. The second kappa shape index (κ2) is 10.3. The number of aliphatic carboxylic acids is 1. The number of pyridine rings is 1. The van der Waals surface area contributed by atoms with Crippen molar-refractivity contribution in [3.63, 3.8) is 0 Å². The maximum Gasteiger partial charge on any atom is 0.322 e. The summed E-state index contributed by atoms with van der Waals surface area (Å²) in [4.78, 5) is 26.3. The average Bonchev–Trinajstić information content (AvgIpc) is 2.55. The molecule has 7 nitrogen and oxygen atoms in total. The Bertz CT molecular complexity index is 557. The summed E-state index contributed by atoms with van der Waals surface area (Å²) in [5.41, 5.74) is 0.819. The van der Waals surface area contributed by atoms with E-state index in [0.717, 1.165) is 18.4 Å². The number of carboxylic acid groups (broad SMARTS) is 1. The largest absolute Gasteiger partial charge is 0.494 e. The second-order valence-corrected chi connectivity index (χ2v) is 4.69. The number of aromatic nitrogens is 1. The highest BCUT2D eigenvalue weighted by atomic mass is 16.5. The average molecular weight is 322 g/mol. The zero-order valence-corrected chi connectivity index (χ0v) is 13.4. The maximum atomic E-state index is 11.8. The Morgan fingerprint density at radius 2 is 2.17 bits per heavy atom. The fourth-order valence-electron chi connectivity index (χ4n) is 1.76. The van der Waals surface area contributed by atoms with Gasteiger partial charge in [0.2, 0.25) is 0 Å². The lowest BCUT2D eigenvalue weighted by Crippen LogP contribution is -2.30. The molecule has 2 N–H and O–H groups in total. The van der Waals surface area contributed by atoms with E-state index in [2.05, 4.69) is 29.4 Å². The van der Waals surface area contributed by atoms with Crippen LogP contribution in [0.3, 0.4) is 0 Å². The molecule has 7 heteroatoms. The van der Waals surface area contributed by atoms with E-state index in [-0.39, 0.29) is 11.4 Å². The summed E-state index contributed by atoms with van der Waals surface area (Å²) in [6, 6.07) is 1.66. The molecule has 1 rings (SSSR count). The number of nitrogens with zero attached hydrogens (tertiary/aromatic N) is 1. The third kappa shape index (κ3) is 6.92. The Balaban J connectivity index is 2.59. The standard InChI is InChI=1S/C16H22N2O5/c1-3-4-5-6-7-23-11-12-8-13(22-2)15(17-9-12)16(21)18-10-14(19)20/h4-5,8-9H,3,6-7,10-11H2,1-2H3,(H,18,21)(H,19,20). The topological polar surface area (TPSA) is 97.8 Å². The monoisotopic (exact) mass is 322 g/mol. The van der Waals surface area contributed by atoms with Crippen molar-refractivity contribution in [3.05, 3.63) is 35.7 Å². The summed E-state index contributed by atoms with van der Waals surface area (Å²) in [5, 5.41) is 10.8. The van der Waals surface area contributed by atoms with E-state index in [1.54, 1.807) is 6.07 Å². The zero-order chi connectivity index (χ0) is 17.1. The van der Waals surface area contributed by atoms with Crippen molar-refractivity contribution >= 4 is 11.9 Å². The first-order chi connectivity index (χ1) is 11.1. The lowest BCUT2D eigenvalue weighted by Gasteiger charge is -2.09. The third-order valence-electron chi connectivity index (χ3n) is 2.84. The van der Waals surface area contributed by atoms with Gasteiger partial charge >= 0.3 is 5.97 Å². The Morgan fingerprint density at radius 3 is 2.83 bits per heavy atom. The summed E-state index contributed by atoms with van der Waals surface area (Å²) in [7, 11) is 1.42. The molecule has 0 fully saturated rings. The summed E-state index contributed by atoms with van der Waals surface area (Å²) in [6.45, 7) is 2.56. The Morgan fingerprint density at radius 1 is 1.39 bits per heavy atom. The van der Waals surface area contributed by atoms with Gasteiger partial charge in [0.25, 0.3) is 5.91 Å². The van der Waals surface area contributed by atoms with Gasteiger partial charge in [-0.05, 0) is 24.5 Å². The van der Waals surface area contributed by atoms with Gasteiger partial charge in [-0.15, -0.1) is 0 Å². The quantitative estimate of drug-likeness (QED) is 0.503. The van der Waals surface area contributed by atoms with Crippen LogP contribution in [0.2, 0.25) is 0 Å². The van der Waals surface area contributed by atoms with Gasteiger partial charge in [-0.2, -0.15) is 0 Å². The zero-order valence-electron chi connectivity index (χ0n) is 13.4. The molecule has 0 saturated heterocycles. The van der Waals surface area contributed by atoms with E-state index in [9.17, 15) is 9.59 Å². The molecule has 0 saturated carbocycles. The number of methoxy groups -OCH3 is 1. The van der Waals surface area contributed by atoms with Crippen LogP contribution in [0.4, 0.5) is 0 Å². The number of hydrogen-bond donors (Lipinski definition) is 2. The number of allylic oxidation sites excluding steroid dienone is 1. The molecule has 1 aromatic rings. The Labute approximate surface area is 135 Å². The van der Waals surface area contributed by atoms with Crippen LogP contribution in [0.15, 0.2) is 24.4 Å². The lowest BCUT2D eigenvalue weighted by atomic mass is 10.2. The number of hydrogen-bond acceptors (Lipinski definition) is 5. The van der Waals surface area contributed by atoms with Crippen molar-refractivity contribution in [2.24, 2.45) is 0 Å². The minimum Gasteiger partial charge on any atom is -0.494 e. The highest BCUT2D eigenvalue weighted by Crippen LogP contribution is 2.18. The molecule has 0 aliphatic rings. The van der Waals surface area contributed by atoms with E-state index in [1.165, 1.54) is 13.3 Å². The van der Waals surface area contributed by atoms with Crippen LogP contribution >= 0.6 is 0 Å². The molecule has 1 heterocycles. The van der Waals surface area contributed by atoms with Crippen LogP contribution in [-0.2, 0) is 16.1 Å². The minimum atomic E-state index is -1.13. The number of carbonyl (C=O) groups is 2. The van der Waals surface area contributed by atoms with Gasteiger partial charge in [0.15, 0.2) is 11.4 Å². The van der Waals surface area contributed by atoms with Crippen molar-refractivity contribution in [1.82, 2.24) is 10.3 Å². The SMILES string of the molecule is CCC=CCCOCc1cnc(C(=O)NCC(=O)O)c(OC)c1. The molecule has 0 aliphatic heterocycles. The van der Waals surface area contributed by atoms with Crippen molar-refractivity contribution in [3.8, 4) is 5.75 Å². The first-order valence-corrected chi connectivity index (χ1v) is 7.34. The summed E-state index contributed by atoms with van der Waals surface area (Å²) in [5.74, 6) is -1.44. The molecule has 1 amide bonds. The van der Waals surface area contributed by atoms with Gasteiger partial charge in [0.1, 0.15) is 6.54 Å². The first kappa shape index (κ1) is 18.6. The van der Waals surface area contributed by atoms with Crippen LogP contribution in [0.1, 0.15) is 35.8 Å². The Kier molecular flexibility index (Phi) is 8.38. The minimum absolute atomic E-state index is 0.0448. The van der Waals surface area contributed by atoms with Gasteiger partial charge in [-0.25, -0.2) is 4.98 Å². The predicted molar refractivity (Wildman–Crippen MR) is 84.5 cm³/mol. The molecule has 126 valence electrons. The summed E-state index contributed by atoms with van der Waals surface area (Å²) < 4.78 is 10.7. The molecule has 23 heavy (non-hydrogen) atoms. The Hall–Kier alpha value is -2.41. The van der Waals surface area contributed by atoms with Crippen molar-refractivity contribution in [2.75, 3.05) is 20.3 Å². The number of carbonyl (C=O) groups excluding carboxylic acids is 1. The number of nitrogens with one attached hydrogen (secondary N) is 1. The van der Waals surface area contributed by atoms with E-state index >= 15 is 0 Å². The van der Waals surface area contributed by atoms with Crippen LogP contribution in [0.25, 0.3) is 0 Å². The van der Waals surface area contributed by atoms with Gasteiger partial charge in [-0.1, -0.05) is 19.1 Å². The van der Waals surface area contributed by atoms with Crippen LogP contribution < -0.4 is 10.1 Å².